The number of aryl methyl sites for hydroxylation is 1. The zero-order chi connectivity index (χ0) is 22.0. The molecule has 0 spiro atoms. The van der Waals surface area contributed by atoms with E-state index in [-0.39, 0.29) is 0 Å². The van der Waals surface area contributed by atoms with Crippen LogP contribution in [0.3, 0.4) is 0 Å². The van der Waals surface area contributed by atoms with Crippen LogP contribution in [0.1, 0.15) is 19.5 Å². The quantitative estimate of drug-likeness (QED) is 0.347. The minimum Gasteiger partial charge on any atom is -0.325 e. The molecule has 4 aromatic rings. The van der Waals surface area contributed by atoms with E-state index in [0.29, 0.717) is 16.7 Å². The van der Waals surface area contributed by atoms with E-state index >= 15 is 0 Å². The van der Waals surface area contributed by atoms with Gasteiger partial charge in [0.05, 0.1) is 16.5 Å². The summed E-state index contributed by atoms with van der Waals surface area (Å²) in [5, 5.41) is 11.3. The van der Waals surface area contributed by atoms with E-state index in [9.17, 15) is 8.42 Å². The van der Waals surface area contributed by atoms with E-state index in [1.807, 2.05) is 49.4 Å². The highest BCUT2D eigenvalue weighted by Crippen LogP contribution is 2.31. The van der Waals surface area contributed by atoms with E-state index < -0.39 is 15.3 Å². The van der Waals surface area contributed by atoms with Crippen molar-refractivity contribution in [1.29, 1.82) is 0 Å². The maximum atomic E-state index is 12.0. The summed E-state index contributed by atoms with van der Waals surface area (Å²) in [6, 6.07) is 16.8. The van der Waals surface area contributed by atoms with Gasteiger partial charge in [-0.05, 0) is 68.9 Å². The van der Waals surface area contributed by atoms with E-state index in [1.165, 1.54) is 11.8 Å². The molecule has 0 aliphatic heterocycles. The lowest BCUT2D eigenvalue weighted by Gasteiger charge is -2.11. The van der Waals surface area contributed by atoms with Crippen molar-refractivity contribution in [1.82, 2.24) is 20.2 Å². The van der Waals surface area contributed by atoms with Crippen LogP contribution in [-0.2, 0) is 10.0 Å². The van der Waals surface area contributed by atoms with Gasteiger partial charge in [-0.25, -0.2) is 18.4 Å². The molecule has 2 heterocycles. The number of aromatic amines is 1. The molecular weight excluding hydrogens is 432 g/mol. The predicted molar refractivity (Wildman–Crippen MR) is 124 cm³/mol. The van der Waals surface area contributed by atoms with Gasteiger partial charge in [-0.3, -0.25) is 9.82 Å². The molecule has 4 rings (SSSR count). The molecule has 0 saturated carbocycles. The van der Waals surface area contributed by atoms with Gasteiger partial charge < -0.3 is 5.32 Å². The Morgan fingerprint density at radius 3 is 2.45 bits per heavy atom. The number of para-hydroxylation sites is 1. The van der Waals surface area contributed by atoms with Crippen LogP contribution in [0, 0.1) is 6.92 Å². The van der Waals surface area contributed by atoms with Crippen LogP contribution in [0.25, 0.3) is 10.9 Å². The monoisotopic (exact) mass is 454 g/mol. The molecule has 8 nitrogen and oxygen atoms in total. The molecule has 0 amide bonds. The van der Waals surface area contributed by atoms with Gasteiger partial charge in [0, 0.05) is 22.0 Å². The molecule has 3 N–H and O–H groups in total. The summed E-state index contributed by atoms with van der Waals surface area (Å²) >= 11 is 1.40. The summed E-state index contributed by atoms with van der Waals surface area (Å²) in [4.78, 5) is 10.2. The van der Waals surface area contributed by atoms with E-state index in [2.05, 4.69) is 30.2 Å². The number of fused-ring (bicyclic) bond motifs is 1. The Labute approximate surface area is 185 Å². The average Bonchev–Trinajstić information content (AvgIpc) is 3.14. The molecule has 0 unspecified atom stereocenters. The maximum absolute atomic E-state index is 12.0. The van der Waals surface area contributed by atoms with Crippen LogP contribution in [-0.4, -0.2) is 33.8 Å². The van der Waals surface area contributed by atoms with Gasteiger partial charge in [-0.15, -0.1) is 0 Å². The molecule has 160 valence electrons. The van der Waals surface area contributed by atoms with Crippen molar-refractivity contribution in [2.45, 2.75) is 36.1 Å². The molecule has 0 bridgehead atoms. The van der Waals surface area contributed by atoms with Crippen molar-refractivity contribution in [3.8, 4) is 0 Å². The largest absolute Gasteiger partial charge is 0.325 e. The Kier molecular flexibility index (Phi) is 5.84. The van der Waals surface area contributed by atoms with Crippen molar-refractivity contribution in [3.63, 3.8) is 0 Å². The third-order valence-corrected chi connectivity index (χ3v) is 7.12. The first-order valence-electron chi connectivity index (χ1n) is 9.65. The lowest BCUT2D eigenvalue weighted by Crippen LogP contribution is -2.22. The summed E-state index contributed by atoms with van der Waals surface area (Å²) in [6.45, 7) is 5.19. The zero-order valence-electron chi connectivity index (χ0n) is 17.2. The summed E-state index contributed by atoms with van der Waals surface area (Å²) < 4.78 is 26.7. The Morgan fingerprint density at radius 2 is 1.77 bits per heavy atom. The normalized spacial score (nSPS) is 11.7. The lowest BCUT2D eigenvalue weighted by molar-refractivity contribution is 0.593. The number of hydrogen-bond acceptors (Lipinski definition) is 7. The number of hydrogen-bond donors (Lipinski definition) is 3. The number of nitrogens with zero attached hydrogens (tertiary/aromatic N) is 3. The second-order valence-electron chi connectivity index (χ2n) is 7.24. The molecule has 0 radical (unpaired) electrons. The summed E-state index contributed by atoms with van der Waals surface area (Å²) in [7, 11) is -3.38. The number of rotatable bonds is 7. The van der Waals surface area contributed by atoms with Crippen LogP contribution in [0.2, 0.25) is 0 Å². The van der Waals surface area contributed by atoms with Crippen molar-refractivity contribution < 1.29 is 8.42 Å². The van der Waals surface area contributed by atoms with Gasteiger partial charge in [0.1, 0.15) is 11.6 Å². The summed E-state index contributed by atoms with van der Waals surface area (Å²) in [5.74, 6) is 1.43. The minimum atomic E-state index is -3.38. The highest BCUT2D eigenvalue weighted by atomic mass is 32.2. The van der Waals surface area contributed by atoms with Gasteiger partial charge in [0.25, 0.3) is 0 Å². The van der Waals surface area contributed by atoms with Crippen LogP contribution in [0.4, 0.5) is 17.3 Å². The molecule has 0 saturated heterocycles. The molecule has 0 atom stereocenters. The first-order chi connectivity index (χ1) is 14.8. The topological polar surface area (TPSA) is 113 Å². The molecule has 0 fully saturated rings. The Bertz CT molecular complexity index is 1320. The van der Waals surface area contributed by atoms with Gasteiger partial charge in [-0.1, -0.05) is 12.1 Å². The van der Waals surface area contributed by atoms with Crippen LogP contribution < -0.4 is 10.0 Å². The molecular formula is C21H22N6O2S2. The maximum Gasteiger partial charge on any atom is 0.235 e. The van der Waals surface area contributed by atoms with Gasteiger partial charge in [-0.2, -0.15) is 5.10 Å². The van der Waals surface area contributed by atoms with Crippen molar-refractivity contribution in [2.24, 2.45) is 0 Å². The van der Waals surface area contributed by atoms with Gasteiger partial charge in [0.15, 0.2) is 5.16 Å². The first-order valence-corrected chi connectivity index (χ1v) is 12.0. The standard InChI is InChI=1S/C21H22N6O2S2/c1-13(2)31(28,29)27-15-8-10-16(11-9-15)30-21-22-18-7-5-4-6-17(18)20(24-21)23-19-12-14(3)25-26-19/h4-13,27H,1-3H3,(H2,22,23,24,25,26). The summed E-state index contributed by atoms with van der Waals surface area (Å²) in [5.41, 5.74) is 2.22. The van der Waals surface area contributed by atoms with Crippen LogP contribution >= 0.6 is 11.8 Å². The molecule has 31 heavy (non-hydrogen) atoms. The number of sulfonamides is 1. The van der Waals surface area contributed by atoms with Crippen molar-refractivity contribution in [2.75, 3.05) is 10.0 Å². The third-order valence-electron chi connectivity index (χ3n) is 4.49. The van der Waals surface area contributed by atoms with Crippen molar-refractivity contribution in [3.05, 3.63) is 60.3 Å². The van der Waals surface area contributed by atoms with E-state index in [0.717, 1.165) is 27.3 Å². The molecule has 2 aromatic carbocycles. The third kappa shape index (κ3) is 4.97. The predicted octanol–water partition coefficient (Wildman–Crippen LogP) is 4.71. The Hall–Kier alpha value is -3.11. The SMILES string of the molecule is Cc1cc(Nc2nc(Sc3ccc(NS(=O)(=O)C(C)C)cc3)nc3ccccc23)[nH]n1. The number of nitrogens with one attached hydrogen (secondary N) is 3. The zero-order valence-corrected chi connectivity index (χ0v) is 18.9. The number of H-pyrrole nitrogens is 1. The Morgan fingerprint density at radius 1 is 1.03 bits per heavy atom. The number of anilines is 3. The molecule has 2 aromatic heterocycles. The van der Waals surface area contributed by atoms with Crippen LogP contribution in [0.5, 0.6) is 0 Å². The minimum absolute atomic E-state index is 0.503. The second kappa shape index (κ2) is 8.56. The lowest BCUT2D eigenvalue weighted by atomic mass is 10.2. The molecule has 0 aliphatic rings. The van der Waals surface area contributed by atoms with Gasteiger partial charge >= 0.3 is 0 Å². The molecule has 0 aliphatic carbocycles. The highest BCUT2D eigenvalue weighted by Gasteiger charge is 2.15. The fourth-order valence-electron chi connectivity index (χ4n) is 2.79. The van der Waals surface area contributed by atoms with Gasteiger partial charge in [0.2, 0.25) is 10.0 Å². The van der Waals surface area contributed by atoms with E-state index in [1.54, 1.807) is 26.0 Å². The van der Waals surface area contributed by atoms with E-state index in [4.69, 9.17) is 0 Å². The van der Waals surface area contributed by atoms with Crippen molar-refractivity contribution >= 4 is 50.0 Å². The first kappa shape index (κ1) is 21.1. The second-order valence-corrected chi connectivity index (χ2v) is 10.5. The number of aromatic nitrogens is 4. The summed E-state index contributed by atoms with van der Waals surface area (Å²) in [6.07, 6.45) is 0. The fraction of sp³-hybridized carbons (Fsp3) is 0.190. The highest BCUT2D eigenvalue weighted by molar-refractivity contribution is 7.99. The number of benzene rings is 2. The average molecular weight is 455 g/mol. The smallest absolute Gasteiger partial charge is 0.235 e. The fourth-order valence-corrected chi connectivity index (χ4v) is 4.25. The molecule has 10 heteroatoms. The Balaban J connectivity index is 1.60. The van der Waals surface area contributed by atoms with Crippen LogP contribution in [0.15, 0.2) is 64.6 Å².